The number of aryl methyl sites for hydroxylation is 1. The molecule has 3 rings (SSSR count). The maximum atomic E-state index is 13.4. The smallest absolute Gasteiger partial charge is 0.231 e. The lowest BCUT2D eigenvalue weighted by Gasteiger charge is -2.32. The number of halogens is 2. The van der Waals surface area contributed by atoms with Gasteiger partial charge in [0.05, 0.1) is 13.1 Å². The summed E-state index contributed by atoms with van der Waals surface area (Å²) >= 11 is 0. The third-order valence-corrected chi connectivity index (χ3v) is 4.94. The van der Waals surface area contributed by atoms with Crippen molar-refractivity contribution < 1.29 is 13.6 Å². The van der Waals surface area contributed by atoms with Crippen molar-refractivity contribution in [1.29, 1.82) is 0 Å². The van der Waals surface area contributed by atoms with Crippen LogP contribution in [0.15, 0.2) is 27.6 Å². The topological polar surface area (TPSA) is 95.9 Å². The quantitative estimate of drug-likeness (QED) is 0.330. The highest BCUT2D eigenvalue weighted by atomic mass is 127. The van der Waals surface area contributed by atoms with E-state index >= 15 is 0 Å². The molecule has 1 amide bonds. The van der Waals surface area contributed by atoms with Crippen LogP contribution in [0.1, 0.15) is 24.2 Å². The predicted molar refractivity (Wildman–Crippen MR) is 118 cm³/mol. The molecule has 0 bridgehead atoms. The molecule has 0 spiro atoms. The van der Waals surface area contributed by atoms with Crippen molar-refractivity contribution >= 4 is 46.8 Å². The van der Waals surface area contributed by atoms with E-state index in [2.05, 4.69) is 20.5 Å². The van der Waals surface area contributed by atoms with Gasteiger partial charge in [0, 0.05) is 37.1 Å². The molecule has 7 nitrogen and oxygen atoms in total. The number of amides is 1. The molecule has 0 atom stereocenters. The number of nitrogens with two attached hydrogens (primary N) is 1. The Balaban J connectivity index is 0.00000280. The molecular formula is C19H27FIN5O2. The van der Waals surface area contributed by atoms with Gasteiger partial charge >= 0.3 is 0 Å². The molecule has 154 valence electrons. The number of fused-ring (bicyclic) bond motifs is 1. The molecule has 0 aliphatic carbocycles. The van der Waals surface area contributed by atoms with Crippen molar-refractivity contribution in [3.63, 3.8) is 0 Å². The molecule has 1 saturated heterocycles. The van der Waals surface area contributed by atoms with Crippen LogP contribution in [0.5, 0.6) is 0 Å². The van der Waals surface area contributed by atoms with E-state index in [1.165, 1.54) is 12.1 Å². The number of hydrogen-bond acceptors (Lipinski definition) is 4. The fourth-order valence-corrected chi connectivity index (χ4v) is 3.42. The average Bonchev–Trinajstić information content (AvgIpc) is 2.95. The molecule has 9 heteroatoms. The number of benzene rings is 1. The zero-order valence-electron chi connectivity index (χ0n) is 16.1. The molecule has 1 aliphatic rings. The summed E-state index contributed by atoms with van der Waals surface area (Å²) in [7, 11) is 1.72. The molecule has 0 unspecified atom stereocenters. The van der Waals surface area contributed by atoms with Crippen molar-refractivity contribution in [2.75, 3.05) is 26.7 Å². The molecule has 1 aromatic heterocycles. The highest BCUT2D eigenvalue weighted by Crippen LogP contribution is 2.25. The monoisotopic (exact) mass is 503 g/mol. The third kappa shape index (κ3) is 5.57. The van der Waals surface area contributed by atoms with E-state index in [1.807, 2.05) is 6.92 Å². The van der Waals surface area contributed by atoms with Crippen LogP contribution in [0.3, 0.4) is 0 Å². The lowest BCUT2D eigenvalue weighted by atomic mass is 10.1. The van der Waals surface area contributed by atoms with E-state index in [1.54, 1.807) is 13.1 Å². The fraction of sp³-hybridized carbons (Fsp3) is 0.474. The van der Waals surface area contributed by atoms with Gasteiger partial charge in [-0.25, -0.2) is 4.39 Å². The van der Waals surface area contributed by atoms with Gasteiger partial charge in [0.2, 0.25) is 5.91 Å². The number of nitrogens with one attached hydrogen (secondary N) is 2. The first-order valence-corrected chi connectivity index (χ1v) is 9.11. The maximum absolute atomic E-state index is 13.4. The van der Waals surface area contributed by atoms with Gasteiger partial charge in [0.1, 0.15) is 17.2 Å². The van der Waals surface area contributed by atoms with Crippen molar-refractivity contribution in [2.24, 2.45) is 10.7 Å². The molecule has 28 heavy (non-hydrogen) atoms. The number of guanidine groups is 1. The van der Waals surface area contributed by atoms with Gasteiger partial charge in [-0.3, -0.25) is 14.7 Å². The second-order valence-corrected chi connectivity index (χ2v) is 6.88. The summed E-state index contributed by atoms with van der Waals surface area (Å²) < 4.78 is 19.3. The fourth-order valence-electron chi connectivity index (χ4n) is 3.42. The van der Waals surface area contributed by atoms with Crippen molar-refractivity contribution in [2.45, 2.75) is 32.4 Å². The molecule has 2 aromatic rings. The SMILES string of the molecule is CN=C(NCc1oc2ccc(F)cc2c1C)NC1CCN(CC(N)=O)CC1.I. The largest absolute Gasteiger partial charge is 0.459 e. The summed E-state index contributed by atoms with van der Waals surface area (Å²) in [5.41, 5.74) is 6.85. The summed E-state index contributed by atoms with van der Waals surface area (Å²) in [6, 6.07) is 4.82. The van der Waals surface area contributed by atoms with Crippen LogP contribution in [0.25, 0.3) is 11.0 Å². The van der Waals surface area contributed by atoms with Crippen LogP contribution in [0.2, 0.25) is 0 Å². The highest BCUT2D eigenvalue weighted by molar-refractivity contribution is 14.0. The molecule has 2 heterocycles. The van der Waals surface area contributed by atoms with Gasteiger partial charge in [-0.15, -0.1) is 24.0 Å². The van der Waals surface area contributed by atoms with Crippen LogP contribution in [-0.4, -0.2) is 49.5 Å². The standard InChI is InChI=1S/C19H26FN5O2.HI/c1-12-15-9-13(20)3-4-16(15)27-17(12)10-23-19(22-2)24-14-5-7-25(8-6-14)11-18(21)26;/h3-4,9,14H,5-8,10-11H2,1-2H3,(H2,21,26)(H2,22,23,24);1H. The zero-order valence-corrected chi connectivity index (χ0v) is 18.5. The second-order valence-electron chi connectivity index (χ2n) is 6.88. The maximum Gasteiger partial charge on any atom is 0.231 e. The molecular weight excluding hydrogens is 476 g/mol. The number of carbonyl (C=O) groups is 1. The minimum atomic E-state index is -0.292. The van der Waals surface area contributed by atoms with Crippen molar-refractivity contribution in [1.82, 2.24) is 15.5 Å². The third-order valence-electron chi connectivity index (χ3n) is 4.94. The Bertz CT molecular complexity index is 846. The molecule has 0 saturated carbocycles. The van der Waals surface area contributed by atoms with E-state index in [-0.39, 0.29) is 41.7 Å². The second kappa shape index (κ2) is 10.1. The van der Waals surface area contributed by atoms with Gasteiger partial charge in [0.15, 0.2) is 5.96 Å². The lowest BCUT2D eigenvalue weighted by Crippen LogP contribution is -2.49. The molecule has 1 aromatic carbocycles. The Labute approximate surface area is 180 Å². The summed E-state index contributed by atoms with van der Waals surface area (Å²) in [5.74, 6) is 0.884. The number of hydrogen-bond donors (Lipinski definition) is 3. The first-order valence-electron chi connectivity index (χ1n) is 9.11. The normalized spacial score (nSPS) is 16.0. The Morgan fingerprint density at radius 1 is 1.39 bits per heavy atom. The Morgan fingerprint density at radius 3 is 2.75 bits per heavy atom. The number of likely N-dealkylation sites (tertiary alicyclic amines) is 1. The number of piperidine rings is 1. The number of primary amides is 1. The Kier molecular flexibility index (Phi) is 8.05. The van der Waals surface area contributed by atoms with Crippen LogP contribution in [0.4, 0.5) is 4.39 Å². The van der Waals surface area contributed by atoms with Gasteiger partial charge in [-0.1, -0.05) is 0 Å². The van der Waals surface area contributed by atoms with Crippen LogP contribution in [-0.2, 0) is 11.3 Å². The number of rotatable bonds is 5. The predicted octanol–water partition coefficient (Wildman–Crippen LogP) is 2.11. The van der Waals surface area contributed by atoms with E-state index in [4.69, 9.17) is 10.2 Å². The minimum absolute atomic E-state index is 0. The first kappa shape index (κ1) is 22.4. The van der Waals surface area contributed by atoms with Crippen LogP contribution < -0.4 is 16.4 Å². The number of furan rings is 1. The van der Waals surface area contributed by atoms with Gasteiger partial charge < -0.3 is 20.8 Å². The van der Waals surface area contributed by atoms with E-state index in [0.717, 1.165) is 42.6 Å². The Morgan fingerprint density at radius 2 is 2.11 bits per heavy atom. The van der Waals surface area contributed by atoms with Gasteiger partial charge in [0.25, 0.3) is 0 Å². The molecule has 1 aliphatic heterocycles. The highest BCUT2D eigenvalue weighted by Gasteiger charge is 2.21. The number of nitrogens with zero attached hydrogens (tertiary/aromatic N) is 2. The summed E-state index contributed by atoms with van der Waals surface area (Å²) in [6.45, 7) is 4.35. The average molecular weight is 503 g/mol. The first-order chi connectivity index (χ1) is 13.0. The van der Waals surface area contributed by atoms with Crippen molar-refractivity contribution in [3.8, 4) is 0 Å². The van der Waals surface area contributed by atoms with E-state index in [9.17, 15) is 9.18 Å². The van der Waals surface area contributed by atoms with Crippen LogP contribution >= 0.6 is 24.0 Å². The summed E-state index contributed by atoms with van der Waals surface area (Å²) in [4.78, 5) is 17.3. The van der Waals surface area contributed by atoms with E-state index in [0.29, 0.717) is 24.6 Å². The van der Waals surface area contributed by atoms with Gasteiger partial charge in [-0.05, 0) is 38.0 Å². The van der Waals surface area contributed by atoms with Gasteiger partial charge in [-0.2, -0.15) is 0 Å². The summed E-state index contributed by atoms with van der Waals surface area (Å²) in [6.07, 6.45) is 1.83. The number of carbonyl (C=O) groups excluding carboxylic acids is 1. The van der Waals surface area contributed by atoms with Crippen molar-refractivity contribution in [3.05, 3.63) is 35.3 Å². The minimum Gasteiger partial charge on any atom is -0.459 e. The zero-order chi connectivity index (χ0) is 19.4. The lowest BCUT2D eigenvalue weighted by molar-refractivity contribution is -0.119. The molecule has 1 fully saturated rings. The molecule has 0 radical (unpaired) electrons. The van der Waals surface area contributed by atoms with E-state index < -0.39 is 0 Å². The molecule has 4 N–H and O–H groups in total. The van der Waals surface area contributed by atoms with Crippen LogP contribution in [0, 0.1) is 12.7 Å². The number of aliphatic imine (C=N–C) groups is 1. The summed E-state index contributed by atoms with van der Waals surface area (Å²) in [5, 5.41) is 7.45. The Hall–Kier alpha value is -1.88.